The summed E-state index contributed by atoms with van der Waals surface area (Å²) in [7, 11) is 0. The highest BCUT2D eigenvalue weighted by molar-refractivity contribution is 9.10. The number of rotatable bonds is 3. The predicted octanol–water partition coefficient (Wildman–Crippen LogP) is 1.36. The number of terminal acetylenes is 1. The Morgan fingerprint density at radius 3 is 3.21 bits per heavy atom. The number of H-pyrrole nitrogens is 1. The minimum Gasteiger partial charge on any atom is -0.366 e. The maximum atomic E-state index is 11.2. The highest BCUT2D eigenvalue weighted by Crippen LogP contribution is 2.14. The van der Waals surface area contributed by atoms with Crippen molar-refractivity contribution in [2.75, 3.05) is 5.32 Å². The van der Waals surface area contributed by atoms with E-state index in [2.05, 4.69) is 37.1 Å². The zero-order valence-electron chi connectivity index (χ0n) is 7.67. The van der Waals surface area contributed by atoms with Gasteiger partial charge in [0.25, 0.3) is 5.56 Å². The quantitative estimate of drug-likeness (QED) is 0.803. The summed E-state index contributed by atoms with van der Waals surface area (Å²) in [6.45, 7) is 1.93. The van der Waals surface area contributed by atoms with Crippen LogP contribution in [0.1, 0.15) is 13.3 Å². The van der Waals surface area contributed by atoms with E-state index in [4.69, 9.17) is 6.42 Å². The molecule has 4 nitrogen and oxygen atoms in total. The van der Waals surface area contributed by atoms with E-state index in [-0.39, 0.29) is 11.6 Å². The molecule has 14 heavy (non-hydrogen) atoms. The monoisotopic (exact) mass is 255 g/mol. The molecule has 0 aliphatic heterocycles. The average molecular weight is 256 g/mol. The molecule has 1 heterocycles. The van der Waals surface area contributed by atoms with Gasteiger partial charge in [-0.1, -0.05) is 0 Å². The molecule has 1 aromatic heterocycles. The third kappa shape index (κ3) is 2.60. The van der Waals surface area contributed by atoms with Crippen LogP contribution in [0.3, 0.4) is 0 Å². The van der Waals surface area contributed by atoms with Gasteiger partial charge in [-0.05, 0) is 22.9 Å². The summed E-state index contributed by atoms with van der Waals surface area (Å²) in [6, 6.07) is 0.0885. The van der Waals surface area contributed by atoms with Crippen molar-refractivity contribution in [3.05, 3.63) is 21.2 Å². The van der Waals surface area contributed by atoms with Crippen molar-refractivity contribution in [2.24, 2.45) is 0 Å². The molecule has 0 amide bonds. The number of hydrogen-bond acceptors (Lipinski definition) is 3. The van der Waals surface area contributed by atoms with Crippen LogP contribution in [-0.4, -0.2) is 16.0 Å². The van der Waals surface area contributed by atoms with Crippen LogP contribution >= 0.6 is 15.9 Å². The number of hydrogen-bond donors (Lipinski definition) is 2. The average Bonchev–Trinajstić information content (AvgIpc) is 2.13. The molecule has 0 saturated heterocycles. The summed E-state index contributed by atoms with van der Waals surface area (Å²) < 4.78 is 0.392. The van der Waals surface area contributed by atoms with E-state index >= 15 is 0 Å². The van der Waals surface area contributed by atoms with Crippen molar-refractivity contribution >= 4 is 21.7 Å². The van der Waals surface area contributed by atoms with Gasteiger partial charge in [-0.3, -0.25) is 4.79 Å². The maximum absolute atomic E-state index is 11.2. The zero-order chi connectivity index (χ0) is 10.6. The molecule has 0 aliphatic rings. The number of nitrogens with zero attached hydrogens (tertiary/aromatic N) is 1. The van der Waals surface area contributed by atoms with Gasteiger partial charge in [0.05, 0.1) is 6.33 Å². The number of anilines is 1. The van der Waals surface area contributed by atoms with Crippen LogP contribution in [0.4, 0.5) is 5.82 Å². The summed E-state index contributed by atoms with van der Waals surface area (Å²) in [4.78, 5) is 17.6. The van der Waals surface area contributed by atoms with Crippen molar-refractivity contribution < 1.29 is 0 Å². The van der Waals surface area contributed by atoms with Gasteiger partial charge >= 0.3 is 0 Å². The third-order valence-electron chi connectivity index (χ3n) is 1.60. The van der Waals surface area contributed by atoms with Gasteiger partial charge in [0, 0.05) is 12.5 Å². The highest BCUT2D eigenvalue weighted by atomic mass is 79.9. The minimum atomic E-state index is -0.213. The van der Waals surface area contributed by atoms with E-state index in [1.165, 1.54) is 6.33 Å². The Kier molecular flexibility index (Phi) is 3.72. The molecule has 0 saturated carbocycles. The van der Waals surface area contributed by atoms with E-state index in [9.17, 15) is 4.79 Å². The number of nitrogens with one attached hydrogen (secondary N) is 2. The zero-order valence-corrected chi connectivity index (χ0v) is 9.26. The lowest BCUT2D eigenvalue weighted by molar-refractivity contribution is 0.817. The second-order valence-corrected chi connectivity index (χ2v) is 3.64. The van der Waals surface area contributed by atoms with Crippen molar-refractivity contribution in [3.63, 3.8) is 0 Å². The topological polar surface area (TPSA) is 57.8 Å². The van der Waals surface area contributed by atoms with E-state index in [0.29, 0.717) is 16.7 Å². The molecule has 1 unspecified atom stereocenters. The lowest BCUT2D eigenvalue weighted by atomic mass is 10.2. The largest absolute Gasteiger partial charge is 0.366 e. The number of aromatic amines is 1. The summed E-state index contributed by atoms with van der Waals surface area (Å²) in [5, 5.41) is 3.03. The maximum Gasteiger partial charge on any atom is 0.267 e. The summed E-state index contributed by atoms with van der Waals surface area (Å²) in [5.74, 6) is 3.04. The molecule has 1 atom stereocenters. The van der Waals surface area contributed by atoms with Gasteiger partial charge in [-0.2, -0.15) is 0 Å². The Labute approximate surface area is 90.3 Å². The van der Waals surface area contributed by atoms with Gasteiger partial charge in [0.1, 0.15) is 10.3 Å². The van der Waals surface area contributed by atoms with Crippen LogP contribution in [0.2, 0.25) is 0 Å². The lowest BCUT2D eigenvalue weighted by Gasteiger charge is -2.11. The fraction of sp³-hybridized carbons (Fsp3) is 0.333. The first-order valence-electron chi connectivity index (χ1n) is 4.08. The second kappa shape index (κ2) is 4.82. The normalized spacial score (nSPS) is 11.8. The Bertz CT molecular complexity index is 407. The van der Waals surface area contributed by atoms with E-state index in [1.54, 1.807) is 0 Å². The Morgan fingerprint density at radius 1 is 1.86 bits per heavy atom. The standard InChI is InChI=1S/C9H10BrN3O/c1-3-4-6(2)13-8-7(10)9(14)12-5-11-8/h1,5-6H,4H2,2H3,(H2,11,12,13,14). The van der Waals surface area contributed by atoms with Crippen LogP contribution in [0.15, 0.2) is 15.6 Å². The first kappa shape index (κ1) is 10.8. The lowest BCUT2D eigenvalue weighted by Crippen LogP contribution is -2.19. The molecule has 0 aliphatic carbocycles. The van der Waals surface area contributed by atoms with Gasteiger partial charge in [0.2, 0.25) is 0 Å². The van der Waals surface area contributed by atoms with Crippen molar-refractivity contribution in [1.29, 1.82) is 0 Å². The molecule has 0 radical (unpaired) electrons. The van der Waals surface area contributed by atoms with E-state index in [1.807, 2.05) is 6.92 Å². The molecule has 1 rings (SSSR count). The van der Waals surface area contributed by atoms with Crippen LogP contribution in [-0.2, 0) is 0 Å². The fourth-order valence-corrected chi connectivity index (χ4v) is 1.28. The van der Waals surface area contributed by atoms with Gasteiger partial charge < -0.3 is 10.3 Å². The summed E-state index contributed by atoms with van der Waals surface area (Å²) in [6.07, 6.45) is 7.09. The molecule has 0 spiro atoms. The molecule has 5 heteroatoms. The summed E-state index contributed by atoms with van der Waals surface area (Å²) in [5.41, 5.74) is -0.213. The van der Waals surface area contributed by atoms with Gasteiger partial charge in [-0.15, -0.1) is 12.3 Å². The number of halogens is 1. The molecular weight excluding hydrogens is 246 g/mol. The highest BCUT2D eigenvalue weighted by Gasteiger charge is 2.07. The molecule has 0 fully saturated rings. The Morgan fingerprint density at radius 2 is 2.57 bits per heavy atom. The fourth-order valence-electron chi connectivity index (χ4n) is 0.945. The molecule has 74 valence electrons. The molecular formula is C9H10BrN3O. The SMILES string of the molecule is C#CCC(C)Nc1nc[nH]c(=O)c1Br. The Hall–Kier alpha value is -1.28. The molecule has 2 N–H and O–H groups in total. The first-order valence-corrected chi connectivity index (χ1v) is 4.87. The van der Waals surface area contributed by atoms with Crippen LogP contribution in [0.25, 0.3) is 0 Å². The number of aromatic nitrogens is 2. The molecule has 1 aromatic rings. The predicted molar refractivity (Wildman–Crippen MR) is 59.1 cm³/mol. The minimum absolute atomic E-state index is 0.0885. The third-order valence-corrected chi connectivity index (χ3v) is 2.34. The van der Waals surface area contributed by atoms with Gasteiger partial charge in [0.15, 0.2) is 0 Å². The van der Waals surface area contributed by atoms with Crippen molar-refractivity contribution in [2.45, 2.75) is 19.4 Å². The van der Waals surface area contributed by atoms with Crippen molar-refractivity contribution in [1.82, 2.24) is 9.97 Å². The first-order chi connectivity index (χ1) is 6.65. The second-order valence-electron chi connectivity index (χ2n) is 2.85. The molecule has 0 aromatic carbocycles. The van der Waals surface area contributed by atoms with Crippen LogP contribution in [0, 0.1) is 12.3 Å². The molecule has 0 bridgehead atoms. The summed E-state index contributed by atoms with van der Waals surface area (Å²) >= 11 is 3.14. The van der Waals surface area contributed by atoms with E-state index < -0.39 is 0 Å². The van der Waals surface area contributed by atoms with Crippen LogP contribution in [0.5, 0.6) is 0 Å². The smallest absolute Gasteiger partial charge is 0.267 e. The van der Waals surface area contributed by atoms with Crippen LogP contribution < -0.4 is 10.9 Å². The van der Waals surface area contributed by atoms with Gasteiger partial charge in [-0.25, -0.2) is 4.98 Å². The van der Waals surface area contributed by atoms with E-state index in [0.717, 1.165) is 0 Å². The Balaban J connectivity index is 2.83. The van der Waals surface area contributed by atoms with Crippen molar-refractivity contribution in [3.8, 4) is 12.3 Å².